The molecule has 2 aromatic carbocycles. The van der Waals surface area contributed by atoms with Crippen LogP contribution in [-0.4, -0.2) is 23.4 Å². The lowest BCUT2D eigenvalue weighted by Gasteiger charge is -2.19. The van der Waals surface area contributed by atoms with E-state index in [1.54, 1.807) is 24.5 Å². The smallest absolute Gasteiger partial charge is 0.207 e. The molecule has 0 saturated carbocycles. The number of aromatic nitrogens is 3. The zero-order chi connectivity index (χ0) is 17.0. The third kappa shape index (κ3) is 4.00. The molecule has 1 atom stereocenters. The average molecular weight is 363 g/mol. The van der Waals surface area contributed by atoms with Crippen LogP contribution in [0.2, 0.25) is 5.02 Å². The third-order valence-corrected chi connectivity index (χ3v) is 5.12. The number of benzene rings is 2. The summed E-state index contributed by atoms with van der Waals surface area (Å²) in [5.74, 6) is 0. The van der Waals surface area contributed by atoms with Crippen molar-refractivity contribution < 1.29 is 8.42 Å². The van der Waals surface area contributed by atoms with Gasteiger partial charge in [-0.15, -0.1) is 0 Å². The SMILES string of the molecule is O=S(=O)(NC(Cn1nccn1)c1ccccc1)c1cccc(Cl)c1. The summed E-state index contributed by atoms with van der Waals surface area (Å²) < 4.78 is 28.1. The van der Waals surface area contributed by atoms with Crippen LogP contribution >= 0.6 is 11.6 Å². The van der Waals surface area contributed by atoms with Crippen molar-refractivity contribution in [3.05, 3.63) is 77.6 Å². The summed E-state index contributed by atoms with van der Waals surface area (Å²) in [5, 5.41) is 8.46. The quantitative estimate of drug-likeness (QED) is 0.731. The van der Waals surface area contributed by atoms with Crippen molar-refractivity contribution in [2.75, 3.05) is 0 Å². The van der Waals surface area contributed by atoms with Crippen LogP contribution in [0, 0.1) is 0 Å². The molecule has 0 saturated heterocycles. The summed E-state index contributed by atoms with van der Waals surface area (Å²) in [6.07, 6.45) is 3.10. The molecule has 3 aromatic rings. The molecule has 0 aliphatic carbocycles. The Morgan fingerprint density at radius 1 is 1.04 bits per heavy atom. The van der Waals surface area contributed by atoms with E-state index in [4.69, 9.17) is 11.6 Å². The molecule has 0 fully saturated rings. The molecular formula is C16H15ClN4O2S. The van der Waals surface area contributed by atoms with Crippen molar-refractivity contribution in [2.45, 2.75) is 17.5 Å². The van der Waals surface area contributed by atoms with Crippen molar-refractivity contribution in [3.8, 4) is 0 Å². The minimum Gasteiger partial charge on any atom is -0.207 e. The Morgan fingerprint density at radius 2 is 1.75 bits per heavy atom. The van der Waals surface area contributed by atoms with Crippen LogP contribution in [0.25, 0.3) is 0 Å². The maximum atomic E-state index is 12.7. The molecule has 0 aliphatic rings. The van der Waals surface area contributed by atoms with Gasteiger partial charge in [0.1, 0.15) is 0 Å². The van der Waals surface area contributed by atoms with Crippen LogP contribution in [0.3, 0.4) is 0 Å². The normalized spacial score (nSPS) is 12.9. The van der Waals surface area contributed by atoms with Crippen molar-refractivity contribution in [3.63, 3.8) is 0 Å². The summed E-state index contributed by atoms with van der Waals surface area (Å²) >= 11 is 5.90. The fourth-order valence-electron chi connectivity index (χ4n) is 2.29. The van der Waals surface area contributed by atoms with Crippen molar-refractivity contribution >= 4 is 21.6 Å². The molecule has 1 heterocycles. The van der Waals surface area contributed by atoms with Gasteiger partial charge in [0.2, 0.25) is 10.0 Å². The van der Waals surface area contributed by atoms with E-state index >= 15 is 0 Å². The molecule has 0 aliphatic heterocycles. The van der Waals surface area contributed by atoms with Crippen molar-refractivity contribution in [2.24, 2.45) is 0 Å². The van der Waals surface area contributed by atoms with Crippen LogP contribution in [0.4, 0.5) is 0 Å². The molecule has 24 heavy (non-hydrogen) atoms. The predicted octanol–water partition coefficient (Wildman–Crippen LogP) is 2.65. The molecule has 8 heteroatoms. The lowest BCUT2D eigenvalue weighted by atomic mass is 10.1. The lowest BCUT2D eigenvalue weighted by Crippen LogP contribution is -2.32. The Kier molecular flexibility index (Phi) is 4.94. The molecule has 124 valence electrons. The highest BCUT2D eigenvalue weighted by molar-refractivity contribution is 7.89. The summed E-state index contributed by atoms with van der Waals surface area (Å²) in [4.78, 5) is 1.56. The van der Waals surface area contributed by atoms with Gasteiger partial charge < -0.3 is 0 Å². The van der Waals surface area contributed by atoms with E-state index in [1.165, 1.54) is 16.9 Å². The molecule has 0 spiro atoms. The summed E-state index contributed by atoms with van der Waals surface area (Å²) in [5.41, 5.74) is 0.820. The van der Waals surface area contributed by atoms with Crippen LogP contribution in [-0.2, 0) is 16.6 Å². The van der Waals surface area contributed by atoms with Crippen LogP contribution in [0.5, 0.6) is 0 Å². The first-order chi connectivity index (χ1) is 11.5. The van der Waals surface area contributed by atoms with Gasteiger partial charge in [-0.1, -0.05) is 48.0 Å². The van der Waals surface area contributed by atoms with Crippen molar-refractivity contribution in [1.82, 2.24) is 19.7 Å². The first-order valence-electron chi connectivity index (χ1n) is 7.21. The number of rotatable bonds is 6. The van der Waals surface area contributed by atoms with E-state index in [0.29, 0.717) is 5.02 Å². The second-order valence-electron chi connectivity index (χ2n) is 5.13. The molecule has 0 radical (unpaired) electrons. The van der Waals surface area contributed by atoms with Gasteiger partial charge in [-0.05, 0) is 23.8 Å². The van der Waals surface area contributed by atoms with Gasteiger partial charge in [-0.25, -0.2) is 13.1 Å². The van der Waals surface area contributed by atoms with E-state index in [1.807, 2.05) is 30.3 Å². The molecule has 3 rings (SSSR count). The van der Waals surface area contributed by atoms with E-state index in [0.717, 1.165) is 5.56 Å². The largest absolute Gasteiger partial charge is 0.241 e. The fraction of sp³-hybridized carbons (Fsp3) is 0.125. The minimum absolute atomic E-state index is 0.115. The Morgan fingerprint density at radius 3 is 2.42 bits per heavy atom. The van der Waals surface area contributed by atoms with Crippen molar-refractivity contribution in [1.29, 1.82) is 0 Å². The number of hydrogen-bond acceptors (Lipinski definition) is 4. The third-order valence-electron chi connectivity index (χ3n) is 3.42. The first kappa shape index (κ1) is 16.6. The van der Waals surface area contributed by atoms with E-state index < -0.39 is 16.1 Å². The van der Waals surface area contributed by atoms with E-state index in [9.17, 15) is 8.42 Å². The monoisotopic (exact) mass is 362 g/mol. The Labute approximate surface area is 145 Å². The number of nitrogens with zero attached hydrogens (tertiary/aromatic N) is 3. The number of sulfonamides is 1. The van der Waals surface area contributed by atoms with Crippen LogP contribution < -0.4 is 4.72 Å². The number of halogens is 1. The summed E-state index contributed by atoms with van der Waals surface area (Å²) in [6, 6.07) is 14.9. The second-order valence-corrected chi connectivity index (χ2v) is 7.28. The van der Waals surface area contributed by atoms with Gasteiger partial charge in [0, 0.05) is 5.02 Å². The molecule has 1 aromatic heterocycles. The summed E-state index contributed by atoms with van der Waals surface area (Å²) in [6.45, 7) is 0.275. The highest BCUT2D eigenvalue weighted by Gasteiger charge is 2.22. The van der Waals surface area contributed by atoms with E-state index in [-0.39, 0.29) is 11.4 Å². The van der Waals surface area contributed by atoms with Gasteiger partial charge in [0.05, 0.1) is 29.9 Å². The van der Waals surface area contributed by atoms with Crippen LogP contribution in [0.1, 0.15) is 11.6 Å². The number of nitrogens with one attached hydrogen (secondary N) is 1. The fourth-order valence-corrected chi connectivity index (χ4v) is 3.80. The van der Waals surface area contributed by atoms with Gasteiger partial charge in [0.15, 0.2) is 0 Å². The highest BCUT2D eigenvalue weighted by Crippen LogP contribution is 2.20. The maximum Gasteiger partial charge on any atom is 0.241 e. The number of hydrogen-bond donors (Lipinski definition) is 1. The Hall–Kier alpha value is -2.22. The topological polar surface area (TPSA) is 76.9 Å². The minimum atomic E-state index is -3.74. The summed E-state index contributed by atoms with van der Waals surface area (Å²) in [7, 11) is -3.74. The molecule has 1 N–H and O–H groups in total. The Balaban J connectivity index is 1.91. The highest BCUT2D eigenvalue weighted by atomic mass is 35.5. The van der Waals surface area contributed by atoms with Gasteiger partial charge in [-0.3, -0.25) is 0 Å². The molecule has 0 bridgehead atoms. The molecule has 1 unspecified atom stereocenters. The lowest BCUT2D eigenvalue weighted by molar-refractivity contribution is 0.444. The maximum absolute atomic E-state index is 12.7. The molecular weight excluding hydrogens is 348 g/mol. The standard InChI is InChI=1S/C16H15ClN4O2S/c17-14-7-4-8-15(11-14)24(22,23)20-16(12-21-18-9-10-19-21)13-5-2-1-3-6-13/h1-11,16,20H,12H2. The zero-order valence-corrected chi connectivity index (χ0v) is 14.2. The molecule has 0 amide bonds. The zero-order valence-electron chi connectivity index (χ0n) is 12.6. The van der Waals surface area contributed by atoms with Crippen LogP contribution in [0.15, 0.2) is 71.9 Å². The average Bonchev–Trinajstić information content (AvgIpc) is 3.08. The first-order valence-corrected chi connectivity index (χ1v) is 9.08. The second kappa shape index (κ2) is 7.12. The van der Waals surface area contributed by atoms with Gasteiger partial charge in [0.25, 0.3) is 0 Å². The van der Waals surface area contributed by atoms with Gasteiger partial charge in [-0.2, -0.15) is 15.0 Å². The van der Waals surface area contributed by atoms with Gasteiger partial charge >= 0.3 is 0 Å². The predicted molar refractivity (Wildman–Crippen MR) is 91.0 cm³/mol. The Bertz CT molecular complexity index is 899. The van der Waals surface area contributed by atoms with E-state index in [2.05, 4.69) is 14.9 Å². The molecule has 6 nitrogen and oxygen atoms in total.